The Kier molecular flexibility index (Phi) is 10.6. The van der Waals surface area contributed by atoms with Crippen molar-refractivity contribution in [2.45, 2.75) is 107 Å². The number of morpholine rings is 1. The van der Waals surface area contributed by atoms with Gasteiger partial charge in [-0.1, -0.05) is 18.9 Å². The van der Waals surface area contributed by atoms with E-state index in [0.29, 0.717) is 35.6 Å². The SMILES string of the molecule is CN1C2CCCC1CC(NC(=O)c1n[nH]c3ccc(N4CCOCC4)cc13)C2.Cc1csc(-c2ccc3[nH]nc(C(=O)NC4CC5CCCC(C4)N5C)c3c2)c1. The van der Waals surface area contributed by atoms with Gasteiger partial charge in [0, 0.05) is 70.7 Å². The minimum atomic E-state index is -0.0574. The van der Waals surface area contributed by atoms with Crippen molar-refractivity contribution in [3.63, 3.8) is 0 Å². The number of carbonyl (C=O) groups excluding carboxylic acids is 2. The van der Waals surface area contributed by atoms with Gasteiger partial charge < -0.3 is 30.1 Å². The van der Waals surface area contributed by atoms with Gasteiger partial charge in [-0.3, -0.25) is 19.8 Å². The van der Waals surface area contributed by atoms with E-state index >= 15 is 0 Å². The molecule has 4 unspecified atom stereocenters. The first kappa shape index (κ1) is 37.3. The van der Waals surface area contributed by atoms with E-state index in [1.165, 1.54) is 49.0 Å². The first-order valence-corrected chi connectivity index (χ1v) is 21.6. The van der Waals surface area contributed by atoms with E-state index in [0.717, 1.165) is 85.0 Å². The van der Waals surface area contributed by atoms with Crippen molar-refractivity contribution >= 4 is 50.6 Å². The van der Waals surface area contributed by atoms with Gasteiger partial charge in [0.05, 0.1) is 24.2 Å². The molecule has 3 aromatic heterocycles. The van der Waals surface area contributed by atoms with Crippen molar-refractivity contribution in [2.24, 2.45) is 0 Å². The minimum Gasteiger partial charge on any atom is -0.378 e. The summed E-state index contributed by atoms with van der Waals surface area (Å²) in [5.74, 6) is -0.114. The number of H-pyrrole nitrogens is 2. The monoisotopic (exact) mass is 777 g/mol. The van der Waals surface area contributed by atoms with Gasteiger partial charge in [-0.25, -0.2) is 0 Å². The first-order chi connectivity index (χ1) is 27.3. The molecule has 4 N–H and O–H groups in total. The number of hydrogen-bond acceptors (Lipinski definition) is 9. The first-order valence-electron chi connectivity index (χ1n) is 20.7. The third-order valence-electron chi connectivity index (χ3n) is 13.3. The van der Waals surface area contributed by atoms with E-state index in [2.05, 4.69) is 102 Å². The Balaban J connectivity index is 0.000000146. The molecule has 12 nitrogen and oxygen atoms in total. The number of nitrogens with one attached hydrogen (secondary N) is 4. The molecule has 8 heterocycles. The molecule has 0 radical (unpaired) electrons. The summed E-state index contributed by atoms with van der Waals surface area (Å²) in [5.41, 5.74) is 6.35. The number of ether oxygens (including phenoxy) is 1. The van der Waals surface area contributed by atoms with Gasteiger partial charge in [-0.15, -0.1) is 11.3 Å². The highest BCUT2D eigenvalue weighted by Gasteiger charge is 2.38. The van der Waals surface area contributed by atoms with Crippen molar-refractivity contribution in [1.82, 2.24) is 40.8 Å². The zero-order valence-corrected chi connectivity index (χ0v) is 33.7. The van der Waals surface area contributed by atoms with Crippen LogP contribution in [-0.4, -0.2) is 119 Å². The Labute approximate surface area is 332 Å². The molecule has 5 aliphatic rings. The van der Waals surface area contributed by atoms with Crippen molar-refractivity contribution in [3.8, 4) is 10.4 Å². The number of fused-ring (bicyclic) bond motifs is 6. The van der Waals surface area contributed by atoms with Crippen LogP contribution >= 0.6 is 11.3 Å². The molecular formula is C43H55N9O3S. The lowest BCUT2D eigenvalue weighted by molar-refractivity contribution is 0.0459. The predicted molar refractivity (Wildman–Crippen MR) is 223 cm³/mol. The maximum atomic E-state index is 13.0. The van der Waals surface area contributed by atoms with E-state index < -0.39 is 0 Å². The lowest BCUT2D eigenvalue weighted by atomic mass is 9.82. The molecule has 4 atom stereocenters. The number of carbonyl (C=O) groups is 2. The van der Waals surface area contributed by atoms with E-state index in [-0.39, 0.29) is 23.9 Å². The van der Waals surface area contributed by atoms with Crippen molar-refractivity contribution in [2.75, 3.05) is 45.3 Å². The van der Waals surface area contributed by atoms with Crippen molar-refractivity contribution in [3.05, 3.63) is 64.8 Å². The van der Waals surface area contributed by atoms with E-state index in [1.807, 2.05) is 12.1 Å². The largest absolute Gasteiger partial charge is 0.378 e. The van der Waals surface area contributed by atoms with Crippen molar-refractivity contribution < 1.29 is 14.3 Å². The zero-order valence-electron chi connectivity index (χ0n) is 32.9. The lowest BCUT2D eigenvalue weighted by Crippen LogP contribution is -2.55. The topological polar surface area (TPSA) is 135 Å². The van der Waals surface area contributed by atoms with E-state index in [9.17, 15) is 9.59 Å². The smallest absolute Gasteiger partial charge is 0.272 e. The van der Waals surface area contributed by atoms with Crippen LogP contribution in [-0.2, 0) is 4.74 Å². The highest BCUT2D eigenvalue weighted by Crippen LogP contribution is 2.35. The standard InChI is InChI=1S/C22H26N4OS.C21H29N5O2/c1-13-8-20(28-12-13)14-6-7-19-18(9-14)21(25-24-19)22(27)23-15-10-16-4-3-5-17(11-15)26(16)2;1-25-15-3-2-4-16(25)12-14(11-15)22-21(27)20-18-13-17(5-6-19(18)23-24-20)26-7-9-28-10-8-26/h6-9,12,15-17H,3-5,10-11H2,1-2H3,(H,23,27)(H,24,25);5-6,13-16H,2-4,7-12H2,1H3,(H,22,27)(H,23,24). The maximum Gasteiger partial charge on any atom is 0.272 e. The fourth-order valence-corrected chi connectivity index (χ4v) is 11.0. The maximum absolute atomic E-state index is 13.0. The summed E-state index contributed by atoms with van der Waals surface area (Å²) in [6.45, 7) is 5.35. The average molecular weight is 778 g/mol. The second-order valence-corrected chi connectivity index (χ2v) is 17.7. The molecule has 0 saturated carbocycles. The lowest BCUT2D eigenvalue weighted by Gasteiger charge is -2.47. The number of hydrogen-bond donors (Lipinski definition) is 4. The number of anilines is 1. The summed E-state index contributed by atoms with van der Waals surface area (Å²) in [6, 6.07) is 17.5. The number of rotatable bonds is 6. The fraction of sp³-hybridized carbons (Fsp3) is 0.535. The highest BCUT2D eigenvalue weighted by atomic mass is 32.1. The van der Waals surface area contributed by atoms with Gasteiger partial charge >= 0.3 is 0 Å². The molecule has 5 fully saturated rings. The van der Waals surface area contributed by atoms with Gasteiger partial charge in [0.25, 0.3) is 11.8 Å². The van der Waals surface area contributed by atoms with E-state index in [1.54, 1.807) is 11.3 Å². The van der Waals surface area contributed by atoms with Gasteiger partial charge in [-0.2, -0.15) is 10.2 Å². The Morgan fingerprint density at radius 3 is 1.77 bits per heavy atom. The number of amides is 2. The third-order valence-corrected chi connectivity index (χ3v) is 14.4. The summed E-state index contributed by atoms with van der Waals surface area (Å²) in [6.07, 6.45) is 11.8. The number of benzene rings is 2. The van der Waals surface area contributed by atoms with Crippen LogP contribution in [0.25, 0.3) is 32.2 Å². The van der Waals surface area contributed by atoms with Gasteiger partial charge in [0.2, 0.25) is 0 Å². The van der Waals surface area contributed by atoms with Gasteiger partial charge in [-0.05, 0) is 125 Å². The second kappa shape index (κ2) is 15.9. The zero-order chi connectivity index (χ0) is 38.3. The van der Waals surface area contributed by atoms with Gasteiger partial charge in [0.15, 0.2) is 11.4 Å². The molecule has 10 rings (SSSR count). The molecule has 5 aliphatic heterocycles. The number of aryl methyl sites for hydroxylation is 1. The molecule has 2 aromatic carbocycles. The fourth-order valence-electron chi connectivity index (χ4n) is 10.1. The molecule has 4 bridgehead atoms. The molecular weight excluding hydrogens is 723 g/mol. The Morgan fingerprint density at radius 1 is 0.732 bits per heavy atom. The highest BCUT2D eigenvalue weighted by molar-refractivity contribution is 7.13. The molecule has 2 amide bonds. The van der Waals surface area contributed by atoms with Gasteiger partial charge in [0.1, 0.15) is 0 Å². The quantitative estimate of drug-likeness (QED) is 0.154. The normalized spacial score (nSPS) is 26.8. The Hall–Kier alpha value is -4.30. The predicted octanol–water partition coefficient (Wildman–Crippen LogP) is 6.49. The van der Waals surface area contributed by atoms with Crippen LogP contribution in [0.1, 0.15) is 90.7 Å². The van der Waals surface area contributed by atoms with E-state index in [4.69, 9.17) is 4.74 Å². The number of nitrogens with zero attached hydrogens (tertiary/aromatic N) is 5. The Bertz CT molecular complexity index is 2160. The number of aromatic nitrogens is 4. The minimum absolute atomic E-state index is 0.0570. The van der Waals surface area contributed by atoms with Crippen LogP contribution < -0.4 is 15.5 Å². The summed E-state index contributed by atoms with van der Waals surface area (Å²) >= 11 is 1.73. The van der Waals surface area contributed by atoms with Crippen LogP contribution in [0.4, 0.5) is 5.69 Å². The second-order valence-electron chi connectivity index (χ2n) is 16.8. The molecule has 56 heavy (non-hydrogen) atoms. The van der Waals surface area contributed by atoms with Crippen LogP contribution in [0.5, 0.6) is 0 Å². The van der Waals surface area contributed by atoms with Crippen molar-refractivity contribution in [1.29, 1.82) is 0 Å². The van der Waals surface area contributed by atoms with Crippen LogP contribution in [0.3, 0.4) is 0 Å². The van der Waals surface area contributed by atoms with Crippen LogP contribution in [0.15, 0.2) is 47.8 Å². The van der Waals surface area contributed by atoms with Crippen LogP contribution in [0, 0.1) is 6.92 Å². The van der Waals surface area contributed by atoms with Crippen LogP contribution in [0.2, 0.25) is 0 Å². The summed E-state index contributed by atoms with van der Waals surface area (Å²) < 4.78 is 5.45. The number of aromatic amines is 2. The molecule has 13 heteroatoms. The third kappa shape index (κ3) is 7.58. The molecule has 5 saturated heterocycles. The summed E-state index contributed by atoms with van der Waals surface area (Å²) in [4.78, 5) is 34.6. The average Bonchev–Trinajstić information content (AvgIpc) is 3.94. The summed E-state index contributed by atoms with van der Waals surface area (Å²) in [5, 5.41) is 25.2. The Morgan fingerprint density at radius 2 is 1.25 bits per heavy atom. The molecule has 0 spiro atoms. The number of piperidine rings is 4. The molecule has 296 valence electrons. The number of thiophene rings is 1. The summed E-state index contributed by atoms with van der Waals surface area (Å²) in [7, 11) is 4.47. The molecule has 5 aromatic rings. The molecule has 0 aliphatic carbocycles.